The van der Waals surface area contributed by atoms with E-state index >= 15 is 0 Å². The third-order valence-corrected chi connectivity index (χ3v) is 5.19. The van der Waals surface area contributed by atoms with Gasteiger partial charge in [0.1, 0.15) is 11.5 Å². The molecule has 35 heavy (non-hydrogen) atoms. The second kappa shape index (κ2) is 12.8. The van der Waals surface area contributed by atoms with E-state index in [0.29, 0.717) is 29.2 Å². The highest BCUT2D eigenvalue weighted by atomic mass is 16.6. The second-order valence-electron chi connectivity index (χ2n) is 7.90. The molecular weight excluding hydrogens is 446 g/mol. The van der Waals surface area contributed by atoms with Gasteiger partial charge < -0.3 is 9.47 Å². The first-order valence-electron chi connectivity index (χ1n) is 11.5. The summed E-state index contributed by atoms with van der Waals surface area (Å²) in [6.45, 7) is 2.81. The van der Waals surface area contributed by atoms with Gasteiger partial charge in [-0.05, 0) is 54.5 Å². The van der Waals surface area contributed by atoms with E-state index in [1.165, 1.54) is 43.2 Å². The Kier molecular flexibility index (Phi) is 9.31. The maximum atomic E-state index is 12.5. The van der Waals surface area contributed by atoms with Crippen LogP contribution in [0.25, 0.3) is 6.08 Å². The number of nitrogens with zero attached hydrogens (tertiary/aromatic N) is 1. The SMILES string of the molecule is CCCCCCOc1ccc(C(=O)Oc2cccc(/C=C/C(=O)c3cccc([N+](=O)[O-])c3)c2)cc1. The quantitative estimate of drug-likeness (QED) is 0.0554. The molecule has 3 aromatic rings. The average molecular weight is 474 g/mol. The summed E-state index contributed by atoms with van der Waals surface area (Å²) in [7, 11) is 0. The first-order chi connectivity index (χ1) is 17.0. The van der Waals surface area contributed by atoms with Crippen molar-refractivity contribution in [2.45, 2.75) is 32.6 Å². The summed E-state index contributed by atoms with van der Waals surface area (Å²) >= 11 is 0. The summed E-state index contributed by atoms with van der Waals surface area (Å²) in [5, 5.41) is 10.9. The van der Waals surface area contributed by atoms with Crippen molar-refractivity contribution in [1.29, 1.82) is 0 Å². The number of unbranched alkanes of at least 4 members (excludes halogenated alkanes) is 3. The summed E-state index contributed by atoms with van der Waals surface area (Å²) in [6.07, 6.45) is 7.39. The van der Waals surface area contributed by atoms with E-state index in [9.17, 15) is 19.7 Å². The molecule has 0 aliphatic rings. The molecule has 0 saturated heterocycles. The second-order valence-corrected chi connectivity index (χ2v) is 7.90. The minimum Gasteiger partial charge on any atom is -0.494 e. The number of carbonyl (C=O) groups is 2. The number of rotatable bonds is 12. The largest absolute Gasteiger partial charge is 0.494 e. The minimum absolute atomic E-state index is 0.148. The number of esters is 1. The van der Waals surface area contributed by atoms with Gasteiger partial charge in [-0.15, -0.1) is 0 Å². The average Bonchev–Trinajstić information content (AvgIpc) is 2.87. The maximum absolute atomic E-state index is 12.5. The van der Waals surface area contributed by atoms with Crippen LogP contribution in [-0.2, 0) is 0 Å². The first-order valence-corrected chi connectivity index (χ1v) is 11.5. The number of ether oxygens (including phenoxy) is 2. The third-order valence-electron chi connectivity index (χ3n) is 5.19. The van der Waals surface area contributed by atoms with Crippen molar-refractivity contribution in [1.82, 2.24) is 0 Å². The summed E-state index contributed by atoms with van der Waals surface area (Å²) in [4.78, 5) is 35.2. The number of nitro groups is 1. The van der Waals surface area contributed by atoms with Crippen LogP contribution in [-0.4, -0.2) is 23.3 Å². The number of non-ortho nitro benzene ring substituents is 1. The minimum atomic E-state index is -0.548. The number of benzene rings is 3. The maximum Gasteiger partial charge on any atom is 0.343 e. The molecule has 7 heteroatoms. The molecule has 3 rings (SSSR count). The number of carbonyl (C=O) groups excluding carboxylic acids is 2. The predicted octanol–water partition coefficient (Wildman–Crippen LogP) is 6.67. The van der Waals surface area contributed by atoms with Gasteiger partial charge in [0.05, 0.1) is 17.1 Å². The topological polar surface area (TPSA) is 95.7 Å². The zero-order valence-electron chi connectivity index (χ0n) is 19.5. The van der Waals surface area contributed by atoms with E-state index in [2.05, 4.69) is 6.92 Å². The van der Waals surface area contributed by atoms with E-state index < -0.39 is 10.9 Å². The Labute approximate surface area is 204 Å². The number of ketones is 1. The lowest BCUT2D eigenvalue weighted by molar-refractivity contribution is -0.384. The molecule has 0 amide bonds. The molecule has 0 aromatic heterocycles. The van der Waals surface area contributed by atoms with Gasteiger partial charge in [0, 0.05) is 17.7 Å². The summed E-state index contributed by atoms with van der Waals surface area (Å²) in [5.74, 6) is 0.159. The van der Waals surface area contributed by atoms with E-state index in [4.69, 9.17) is 9.47 Å². The van der Waals surface area contributed by atoms with Gasteiger partial charge in [-0.3, -0.25) is 14.9 Å². The van der Waals surface area contributed by atoms with Crippen LogP contribution < -0.4 is 9.47 Å². The molecule has 0 spiro atoms. The molecule has 0 N–H and O–H groups in total. The molecule has 0 saturated carbocycles. The van der Waals surface area contributed by atoms with Crippen molar-refractivity contribution in [3.05, 3.63) is 106 Å². The molecule has 7 nitrogen and oxygen atoms in total. The van der Waals surface area contributed by atoms with Gasteiger partial charge in [0.15, 0.2) is 5.78 Å². The Morgan fingerprint density at radius 3 is 2.40 bits per heavy atom. The van der Waals surface area contributed by atoms with Crippen molar-refractivity contribution in [3.8, 4) is 11.5 Å². The number of allylic oxidation sites excluding steroid dienone is 1. The predicted molar refractivity (Wildman–Crippen MR) is 134 cm³/mol. The van der Waals surface area contributed by atoms with Gasteiger partial charge >= 0.3 is 5.97 Å². The Morgan fingerprint density at radius 1 is 0.886 bits per heavy atom. The molecule has 0 aliphatic carbocycles. The zero-order valence-corrected chi connectivity index (χ0v) is 19.5. The fourth-order valence-electron chi connectivity index (χ4n) is 3.29. The van der Waals surface area contributed by atoms with Gasteiger partial charge in [-0.1, -0.05) is 56.5 Å². The summed E-state index contributed by atoms with van der Waals surface area (Å²) in [5.41, 5.74) is 1.10. The van der Waals surface area contributed by atoms with Crippen LogP contribution in [0.3, 0.4) is 0 Å². The van der Waals surface area contributed by atoms with Crippen molar-refractivity contribution < 1.29 is 24.0 Å². The smallest absolute Gasteiger partial charge is 0.343 e. The Hall–Kier alpha value is -4.26. The summed E-state index contributed by atoms with van der Waals surface area (Å²) < 4.78 is 11.2. The van der Waals surface area contributed by atoms with Crippen molar-refractivity contribution in [2.24, 2.45) is 0 Å². The van der Waals surface area contributed by atoms with E-state index in [0.717, 1.165) is 12.8 Å². The highest BCUT2D eigenvalue weighted by molar-refractivity contribution is 6.07. The number of nitro benzene ring substituents is 1. The molecular formula is C28H27NO6. The molecule has 0 radical (unpaired) electrons. The van der Waals surface area contributed by atoms with Crippen LogP contribution >= 0.6 is 0 Å². The third kappa shape index (κ3) is 7.92. The zero-order chi connectivity index (χ0) is 25.0. The molecule has 0 heterocycles. The highest BCUT2D eigenvalue weighted by Gasteiger charge is 2.11. The van der Waals surface area contributed by atoms with E-state index in [-0.39, 0.29) is 17.0 Å². The monoisotopic (exact) mass is 473 g/mol. The fourth-order valence-corrected chi connectivity index (χ4v) is 3.29. The Balaban J connectivity index is 1.58. The lowest BCUT2D eigenvalue weighted by Crippen LogP contribution is -2.08. The fraction of sp³-hybridized carbons (Fsp3) is 0.214. The van der Waals surface area contributed by atoms with E-state index in [1.807, 2.05) is 0 Å². The van der Waals surface area contributed by atoms with E-state index in [1.54, 1.807) is 54.6 Å². The van der Waals surface area contributed by atoms with Gasteiger partial charge in [0.2, 0.25) is 0 Å². The first kappa shape index (κ1) is 25.4. The molecule has 0 atom stereocenters. The normalized spacial score (nSPS) is 10.8. The van der Waals surface area contributed by atoms with Crippen LogP contribution in [0.1, 0.15) is 58.9 Å². The van der Waals surface area contributed by atoms with Crippen LogP contribution in [0.15, 0.2) is 78.9 Å². The molecule has 3 aromatic carbocycles. The highest BCUT2D eigenvalue weighted by Crippen LogP contribution is 2.19. The molecule has 180 valence electrons. The van der Waals surface area contributed by atoms with Crippen LogP contribution in [0.2, 0.25) is 0 Å². The van der Waals surface area contributed by atoms with Crippen molar-refractivity contribution in [2.75, 3.05) is 6.61 Å². The Bertz CT molecular complexity index is 1200. The Morgan fingerprint density at radius 2 is 1.66 bits per heavy atom. The molecule has 0 unspecified atom stereocenters. The number of hydrogen-bond donors (Lipinski definition) is 0. The van der Waals surface area contributed by atoms with Gasteiger partial charge in [0.25, 0.3) is 5.69 Å². The van der Waals surface area contributed by atoms with Crippen LogP contribution in [0.5, 0.6) is 11.5 Å². The molecule has 0 fully saturated rings. The van der Waals surface area contributed by atoms with Gasteiger partial charge in [-0.25, -0.2) is 4.79 Å². The number of hydrogen-bond acceptors (Lipinski definition) is 6. The standard InChI is InChI=1S/C28H27NO6/c1-2-3-4-5-18-34-25-15-13-22(14-16-25)28(31)35-26-11-6-8-21(19-26)12-17-27(30)23-9-7-10-24(20-23)29(32)33/h6-17,19-20H,2-5,18H2,1H3/b17-12+. The lowest BCUT2D eigenvalue weighted by atomic mass is 10.1. The van der Waals surface area contributed by atoms with Crippen LogP contribution in [0.4, 0.5) is 5.69 Å². The molecule has 0 bridgehead atoms. The summed E-state index contributed by atoms with van der Waals surface area (Å²) in [6, 6.07) is 19.1. The van der Waals surface area contributed by atoms with Crippen LogP contribution in [0, 0.1) is 10.1 Å². The van der Waals surface area contributed by atoms with Crippen molar-refractivity contribution >= 4 is 23.5 Å². The molecule has 0 aliphatic heterocycles. The lowest BCUT2D eigenvalue weighted by Gasteiger charge is -2.08. The van der Waals surface area contributed by atoms with Crippen molar-refractivity contribution in [3.63, 3.8) is 0 Å². The van der Waals surface area contributed by atoms with Gasteiger partial charge in [-0.2, -0.15) is 0 Å².